The average molecular weight is 493 g/mol. The van der Waals surface area contributed by atoms with Gasteiger partial charge in [-0.1, -0.05) is 12.1 Å². The summed E-state index contributed by atoms with van der Waals surface area (Å²) in [5, 5.41) is 12.1. The third kappa shape index (κ3) is 4.82. The quantitative estimate of drug-likeness (QED) is 0.461. The van der Waals surface area contributed by atoms with Crippen LogP contribution in [0.3, 0.4) is 0 Å². The van der Waals surface area contributed by atoms with E-state index in [1.807, 2.05) is 78.1 Å². The fourth-order valence-electron chi connectivity index (χ4n) is 4.70. The molecule has 8 nitrogen and oxygen atoms in total. The highest BCUT2D eigenvalue weighted by Gasteiger charge is 2.23. The molecule has 8 heteroatoms. The van der Waals surface area contributed by atoms with Gasteiger partial charge in [0.25, 0.3) is 5.91 Å². The number of nitriles is 1. The third-order valence-electron chi connectivity index (χ3n) is 6.83. The first-order valence-electron chi connectivity index (χ1n) is 12.2. The molecule has 0 saturated carbocycles. The van der Waals surface area contributed by atoms with Crippen LogP contribution in [-0.2, 0) is 4.79 Å². The molecule has 2 amide bonds. The van der Waals surface area contributed by atoms with Crippen molar-refractivity contribution in [3.8, 4) is 28.5 Å². The normalized spacial score (nSPS) is 13.9. The molecule has 0 radical (unpaired) electrons. The van der Waals surface area contributed by atoms with Crippen molar-refractivity contribution in [3.63, 3.8) is 0 Å². The molecule has 1 fully saturated rings. The second-order valence-electron chi connectivity index (χ2n) is 9.47. The zero-order chi connectivity index (χ0) is 26.1. The molecule has 3 heterocycles. The number of amides is 2. The van der Waals surface area contributed by atoms with Gasteiger partial charge in [-0.15, -0.1) is 0 Å². The Labute approximate surface area is 215 Å². The number of carbonyl (C=O) groups is 2. The molecular formula is C29H28N6O2. The number of benzene rings is 2. The highest BCUT2D eigenvalue weighted by Crippen LogP contribution is 2.30. The summed E-state index contributed by atoms with van der Waals surface area (Å²) >= 11 is 0. The Hall–Kier alpha value is -4.48. The molecule has 4 aromatic rings. The van der Waals surface area contributed by atoms with E-state index < -0.39 is 0 Å². The van der Waals surface area contributed by atoms with Crippen molar-refractivity contribution in [2.45, 2.75) is 13.8 Å². The molecule has 1 saturated heterocycles. The van der Waals surface area contributed by atoms with Crippen LogP contribution in [0.5, 0.6) is 0 Å². The number of pyridine rings is 1. The number of piperazine rings is 1. The molecule has 2 aromatic carbocycles. The Balaban J connectivity index is 1.53. The van der Waals surface area contributed by atoms with Crippen molar-refractivity contribution in [1.29, 1.82) is 5.26 Å². The van der Waals surface area contributed by atoms with E-state index in [0.717, 1.165) is 46.7 Å². The molecule has 0 aliphatic carbocycles. The van der Waals surface area contributed by atoms with Crippen LogP contribution in [0.2, 0.25) is 0 Å². The Morgan fingerprint density at radius 1 is 0.973 bits per heavy atom. The largest absolute Gasteiger partial charge is 0.336 e. The zero-order valence-electron chi connectivity index (χ0n) is 21.2. The number of rotatable bonds is 4. The Kier molecular flexibility index (Phi) is 6.47. The molecule has 186 valence electrons. The zero-order valence-corrected chi connectivity index (χ0v) is 21.2. The van der Waals surface area contributed by atoms with Crippen molar-refractivity contribution >= 4 is 23.1 Å². The van der Waals surface area contributed by atoms with E-state index in [1.54, 1.807) is 6.07 Å². The maximum Gasteiger partial charge on any atom is 0.256 e. The summed E-state index contributed by atoms with van der Waals surface area (Å²) in [7, 11) is 2.05. The molecule has 0 bridgehead atoms. The standard InChI is InChI=1S/C29H28N6O2/c1-19-14-22(4-5-23(19)16-30)27-17-31-28-9-7-24(18-35(27)28)21-6-8-25(26(15-21)32-20(2)36)29(37)34-12-10-33(3)11-13-34/h4-9,14-15,17-18H,10-13H2,1-3H3,(H,32,36). The van der Waals surface area contributed by atoms with E-state index in [0.29, 0.717) is 29.9 Å². The predicted molar refractivity (Wildman–Crippen MR) is 143 cm³/mol. The number of likely N-dealkylation sites (N-methyl/N-ethyl adjacent to an activating group) is 1. The summed E-state index contributed by atoms with van der Waals surface area (Å²) in [4.78, 5) is 33.9. The maximum atomic E-state index is 13.3. The van der Waals surface area contributed by atoms with Gasteiger partial charge in [0.2, 0.25) is 5.91 Å². The van der Waals surface area contributed by atoms with E-state index in [1.165, 1.54) is 6.92 Å². The van der Waals surface area contributed by atoms with Gasteiger partial charge in [0.05, 0.1) is 34.8 Å². The minimum atomic E-state index is -0.229. The summed E-state index contributed by atoms with van der Waals surface area (Å²) in [6.07, 6.45) is 3.82. The second kappa shape index (κ2) is 9.88. The Bertz CT molecular complexity index is 1560. The number of nitrogens with zero attached hydrogens (tertiary/aromatic N) is 5. The average Bonchev–Trinajstić information content (AvgIpc) is 3.31. The summed E-state index contributed by atoms with van der Waals surface area (Å²) < 4.78 is 2.01. The van der Waals surface area contributed by atoms with Crippen LogP contribution in [0.1, 0.15) is 28.4 Å². The molecule has 1 aliphatic rings. The van der Waals surface area contributed by atoms with Gasteiger partial charge in [0, 0.05) is 44.9 Å². The number of carbonyl (C=O) groups excluding carboxylic acids is 2. The Morgan fingerprint density at radius 3 is 2.41 bits per heavy atom. The van der Waals surface area contributed by atoms with Crippen molar-refractivity contribution in [3.05, 3.63) is 77.6 Å². The van der Waals surface area contributed by atoms with Crippen LogP contribution in [0.4, 0.5) is 5.69 Å². The number of hydrogen-bond donors (Lipinski definition) is 1. The van der Waals surface area contributed by atoms with Gasteiger partial charge in [-0.25, -0.2) is 4.98 Å². The van der Waals surface area contributed by atoms with E-state index in [2.05, 4.69) is 21.3 Å². The van der Waals surface area contributed by atoms with E-state index >= 15 is 0 Å². The number of fused-ring (bicyclic) bond motifs is 1. The minimum absolute atomic E-state index is 0.0769. The van der Waals surface area contributed by atoms with Crippen molar-refractivity contribution in [2.24, 2.45) is 0 Å². The molecule has 0 unspecified atom stereocenters. The van der Waals surface area contributed by atoms with Crippen molar-refractivity contribution < 1.29 is 9.59 Å². The first-order valence-corrected chi connectivity index (χ1v) is 12.2. The maximum absolute atomic E-state index is 13.3. The summed E-state index contributed by atoms with van der Waals surface area (Å²) in [5.41, 5.74) is 7.01. The summed E-state index contributed by atoms with van der Waals surface area (Å²) in [6, 6.07) is 17.4. The van der Waals surface area contributed by atoms with E-state index in [-0.39, 0.29) is 11.8 Å². The van der Waals surface area contributed by atoms with E-state index in [9.17, 15) is 14.9 Å². The predicted octanol–water partition coefficient (Wildman–Crippen LogP) is 4.19. The van der Waals surface area contributed by atoms with Crippen LogP contribution in [0.15, 0.2) is 60.9 Å². The topological polar surface area (TPSA) is 93.7 Å². The lowest BCUT2D eigenvalue weighted by atomic mass is 10.0. The summed E-state index contributed by atoms with van der Waals surface area (Å²) in [6.45, 7) is 6.33. The molecule has 5 rings (SSSR count). The SMILES string of the molecule is CC(=O)Nc1cc(-c2ccc3ncc(-c4ccc(C#N)c(C)c4)n3c2)ccc1C(=O)N1CCN(C)CC1. The lowest BCUT2D eigenvalue weighted by molar-refractivity contribution is -0.114. The molecule has 2 aromatic heterocycles. The molecular weight excluding hydrogens is 464 g/mol. The Morgan fingerprint density at radius 2 is 1.70 bits per heavy atom. The highest BCUT2D eigenvalue weighted by atomic mass is 16.2. The molecule has 1 aliphatic heterocycles. The van der Waals surface area contributed by atoms with Gasteiger partial charge in [0.1, 0.15) is 5.65 Å². The lowest BCUT2D eigenvalue weighted by Gasteiger charge is -2.32. The van der Waals surface area contributed by atoms with Crippen LogP contribution in [-0.4, -0.2) is 64.2 Å². The van der Waals surface area contributed by atoms with Gasteiger partial charge < -0.3 is 15.1 Å². The summed E-state index contributed by atoms with van der Waals surface area (Å²) in [5.74, 6) is -0.306. The van der Waals surface area contributed by atoms with Gasteiger partial charge in [-0.05, 0) is 67.1 Å². The van der Waals surface area contributed by atoms with Crippen LogP contribution >= 0.6 is 0 Å². The molecule has 1 N–H and O–H groups in total. The van der Waals surface area contributed by atoms with Gasteiger partial charge in [-0.3, -0.25) is 14.0 Å². The third-order valence-corrected chi connectivity index (χ3v) is 6.83. The first-order chi connectivity index (χ1) is 17.8. The molecule has 37 heavy (non-hydrogen) atoms. The fourth-order valence-corrected chi connectivity index (χ4v) is 4.70. The second-order valence-corrected chi connectivity index (χ2v) is 9.47. The highest BCUT2D eigenvalue weighted by molar-refractivity contribution is 6.04. The van der Waals surface area contributed by atoms with Crippen LogP contribution < -0.4 is 5.32 Å². The molecule has 0 spiro atoms. The van der Waals surface area contributed by atoms with Gasteiger partial charge >= 0.3 is 0 Å². The molecule has 0 atom stereocenters. The number of nitrogens with one attached hydrogen (secondary N) is 1. The number of aromatic nitrogens is 2. The van der Waals surface area contributed by atoms with Gasteiger partial charge in [-0.2, -0.15) is 5.26 Å². The monoisotopic (exact) mass is 492 g/mol. The van der Waals surface area contributed by atoms with Crippen LogP contribution in [0.25, 0.3) is 28.0 Å². The number of hydrogen-bond acceptors (Lipinski definition) is 5. The van der Waals surface area contributed by atoms with Gasteiger partial charge in [0.15, 0.2) is 0 Å². The number of aryl methyl sites for hydroxylation is 1. The lowest BCUT2D eigenvalue weighted by Crippen LogP contribution is -2.47. The first kappa shape index (κ1) is 24.2. The smallest absolute Gasteiger partial charge is 0.256 e. The number of imidazole rings is 1. The fraction of sp³-hybridized carbons (Fsp3) is 0.241. The van der Waals surface area contributed by atoms with Crippen LogP contribution in [0, 0.1) is 18.3 Å². The van der Waals surface area contributed by atoms with E-state index in [4.69, 9.17) is 0 Å². The minimum Gasteiger partial charge on any atom is -0.336 e. The number of anilines is 1. The van der Waals surface area contributed by atoms with Crippen molar-refractivity contribution in [2.75, 3.05) is 38.5 Å². The van der Waals surface area contributed by atoms with Crippen molar-refractivity contribution in [1.82, 2.24) is 19.2 Å².